The largest absolute Gasteiger partial charge is 0.496 e. The maximum Gasteiger partial charge on any atom is 0.338 e. The highest BCUT2D eigenvalue weighted by Gasteiger charge is 2.33. The van der Waals surface area contributed by atoms with Crippen molar-refractivity contribution in [2.24, 2.45) is 4.99 Å². The number of hydrogen-bond acceptors (Lipinski definition) is 8. The Bertz CT molecular complexity index is 2010. The maximum atomic E-state index is 14.2. The van der Waals surface area contributed by atoms with Gasteiger partial charge in [0, 0.05) is 31.4 Å². The number of ether oxygens (including phenoxy) is 3. The highest BCUT2D eigenvalue weighted by molar-refractivity contribution is 7.07. The van der Waals surface area contributed by atoms with Gasteiger partial charge < -0.3 is 19.1 Å². The first-order valence-corrected chi connectivity index (χ1v) is 14.9. The second-order valence-corrected chi connectivity index (χ2v) is 11.5. The van der Waals surface area contributed by atoms with E-state index in [-0.39, 0.29) is 34.1 Å². The van der Waals surface area contributed by atoms with Crippen molar-refractivity contribution >= 4 is 29.1 Å². The second-order valence-electron chi connectivity index (χ2n) is 10.4. The fourth-order valence-corrected chi connectivity index (χ4v) is 6.09. The molecule has 0 radical (unpaired) electrons. The van der Waals surface area contributed by atoms with Gasteiger partial charge in [0.05, 0.1) is 35.6 Å². The van der Waals surface area contributed by atoms with Gasteiger partial charge in [-0.2, -0.15) is 8.78 Å². The van der Waals surface area contributed by atoms with Crippen LogP contribution in [0, 0.1) is 23.3 Å². The van der Waals surface area contributed by atoms with Crippen LogP contribution in [-0.2, 0) is 16.1 Å². The lowest BCUT2D eigenvalue weighted by molar-refractivity contribution is -0.139. The van der Waals surface area contributed by atoms with E-state index in [0.717, 1.165) is 17.0 Å². The van der Waals surface area contributed by atoms with E-state index in [2.05, 4.69) is 4.99 Å². The zero-order valence-corrected chi connectivity index (χ0v) is 26.3. The standard InChI is InChI=1S/C33H29F4N3O5S/c1-6-44-32(42)26-17(2)38-33-40(29(26)19-8-10-21(11-9-19)39(3)4)31(41)25(46-33)14-18-7-12-24(43-5)20(13-18)16-45-30-27(36)22(34)15-23(35)28(30)37/h7-15,29H,6,16H2,1-5H3. The first-order valence-electron chi connectivity index (χ1n) is 14.0. The van der Waals surface area contributed by atoms with Crippen molar-refractivity contribution in [3.63, 3.8) is 0 Å². The molecule has 240 valence electrons. The zero-order valence-electron chi connectivity index (χ0n) is 25.5. The van der Waals surface area contributed by atoms with Gasteiger partial charge in [-0.05, 0) is 55.3 Å². The molecule has 0 saturated carbocycles. The number of aromatic nitrogens is 1. The molecule has 0 bridgehead atoms. The lowest BCUT2D eigenvalue weighted by Crippen LogP contribution is -2.39. The minimum absolute atomic E-state index is 0.0925. The summed E-state index contributed by atoms with van der Waals surface area (Å²) in [6.45, 7) is 3.02. The van der Waals surface area contributed by atoms with E-state index in [1.807, 2.05) is 43.3 Å². The molecule has 1 aromatic heterocycles. The predicted octanol–water partition coefficient (Wildman–Crippen LogP) is 5.01. The Morgan fingerprint density at radius 1 is 1.04 bits per heavy atom. The SMILES string of the molecule is CCOC(=O)C1=C(C)N=c2sc(=Cc3ccc(OC)c(COc4c(F)c(F)cc(F)c4F)c3)c(=O)n2C1c1ccc(N(C)C)cc1. The highest BCUT2D eigenvalue weighted by atomic mass is 32.1. The lowest BCUT2D eigenvalue weighted by atomic mass is 9.95. The lowest BCUT2D eigenvalue weighted by Gasteiger charge is -2.25. The van der Waals surface area contributed by atoms with Gasteiger partial charge in [0.2, 0.25) is 11.6 Å². The molecule has 1 aliphatic heterocycles. The average Bonchev–Trinajstić information content (AvgIpc) is 3.33. The summed E-state index contributed by atoms with van der Waals surface area (Å²) < 4.78 is 73.3. The molecular weight excluding hydrogens is 626 g/mol. The number of esters is 1. The molecule has 3 aromatic carbocycles. The molecular formula is C33H29F4N3O5S. The molecule has 1 aliphatic rings. The Morgan fingerprint density at radius 2 is 1.72 bits per heavy atom. The van der Waals surface area contributed by atoms with Gasteiger partial charge in [-0.3, -0.25) is 9.36 Å². The van der Waals surface area contributed by atoms with Crippen molar-refractivity contribution in [3.05, 3.63) is 119 Å². The molecule has 46 heavy (non-hydrogen) atoms. The molecule has 0 fully saturated rings. The van der Waals surface area contributed by atoms with Crippen LogP contribution in [-0.4, -0.2) is 38.3 Å². The molecule has 0 aliphatic carbocycles. The Balaban J connectivity index is 1.58. The third-order valence-corrected chi connectivity index (χ3v) is 8.27. The number of fused-ring (bicyclic) bond motifs is 1. The van der Waals surface area contributed by atoms with E-state index in [4.69, 9.17) is 14.2 Å². The fourth-order valence-electron chi connectivity index (χ4n) is 5.04. The topological polar surface area (TPSA) is 82.4 Å². The van der Waals surface area contributed by atoms with Crippen LogP contribution in [0.1, 0.15) is 36.6 Å². The Kier molecular flexibility index (Phi) is 9.33. The number of benzene rings is 3. The molecule has 0 saturated heterocycles. The summed E-state index contributed by atoms with van der Waals surface area (Å²) in [4.78, 5) is 34.0. The molecule has 0 amide bonds. The van der Waals surface area contributed by atoms with Crippen LogP contribution < -0.4 is 29.3 Å². The number of halogens is 4. The zero-order chi connectivity index (χ0) is 33.3. The van der Waals surface area contributed by atoms with Crippen molar-refractivity contribution in [2.45, 2.75) is 26.5 Å². The van der Waals surface area contributed by atoms with Crippen LogP contribution >= 0.6 is 11.3 Å². The number of anilines is 1. The van der Waals surface area contributed by atoms with Crippen molar-refractivity contribution in [1.82, 2.24) is 4.57 Å². The molecule has 5 rings (SSSR count). The number of thiazole rings is 1. The van der Waals surface area contributed by atoms with Gasteiger partial charge in [0.1, 0.15) is 12.4 Å². The quantitative estimate of drug-likeness (QED) is 0.143. The van der Waals surface area contributed by atoms with Gasteiger partial charge >= 0.3 is 5.97 Å². The van der Waals surface area contributed by atoms with Crippen LogP contribution in [0.25, 0.3) is 6.08 Å². The summed E-state index contributed by atoms with van der Waals surface area (Å²) >= 11 is 1.12. The first-order chi connectivity index (χ1) is 21.9. The summed E-state index contributed by atoms with van der Waals surface area (Å²) in [7, 11) is 5.18. The van der Waals surface area contributed by atoms with E-state index in [1.165, 1.54) is 11.7 Å². The third kappa shape index (κ3) is 6.14. The van der Waals surface area contributed by atoms with Crippen LogP contribution in [0.5, 0.6) is 11.5 Å². The smallest absolute Gasteiger partial charge is 0.338 e. The molecule has 1 atom stereocenters. The average molecular weight is 656 g/mol. The first kappa shape index (κ1) is 32.5. The Labute approximate surface area is 265 Å². The minimum Gasteiger partial charge on any atom is -0.496 e. The van der Waals surface area contributed by atoms with Crippen molar-refractivity contribution in [3.8, 4) is 11.5 Å². The van der Waals surface area contributed by atoms with Gasteiger partial charge in [0.25, 0.3) is 5.56 Å². The van der Waals surface area contributed by atoms with Crippen molar-refractivity contribution in [2.75, 3.05) is 32.7 Å². The number of nitrogens with zero attached hydrogens (tertiary/aromatic N) is 3. The number of rotatable bonds is 9. The molecule has 4 aromatic rings. The van der Waals surface area contributed by atoms with Crippen molar-refractivity contribution < 1.29 is 36.6 Å². The van der Waals surface area contributed by atoms with Gasteiger partial charge in [-0.15, -0.1) is 0 Å². The molecule has 1 unspecified atom stereocenters. The van der Waals surface area contributed by atoms with Crippen LogP contribution in [0.3, 0.4) is 0 Å². The Morgan fingerprint density at radius 3 is 2.33 bits per heavy atom. The van der Waals surface area contributed by atoms with E-state index < -0.39 is 53.2 Å². The third-order valence-electron chi connectivity index (χ3n) is 7.29. The molecule has 0 N–H and O–H groups in total. The van der Waals surface area contributed by atoms with Crippen LogP contribution in [0.4, 0.5) is 23.2 Å². The summed E-state index contributed by atoms with van der Waals surface area (Å²) in [6, 6.07) is 11.5. The number of methoxy groups -OCH3 is 1. The van der Waals surface area contributed by atoms with E-state index in [1.54, 1.807) is 38.1 Å². The normalized spacial score (nSPS) is 14.5. The van der Waals surface area contributed by atoms with Gasteiger partial charge in [-0.25, -0.2) is 18.6 Å². The summed E-state index contributed by atoms with van der Waals surface area (Å²) in [5.74, 6) is -8.05. The summed E-state index contributed by atoms with van der Waals surface area (Å²) in [5.41, 5.74) is 2.65. The van der Waals surface area contributed by atoms with E-state index >= 15 is 0 Å². The van der Waals surface area contributed by atoms with Crippen molar-refractivity contribution in [1.29, 1.82) is 0 Å². The Hall–Kier alpha value is -4.91. The number of allylic oxidation sites excluding steroid dienone is 1. The van der Waals surface area contributed by atoms with E-state index in [0.29, 0.717) is 21.6 Å². The monoisotopic (exact) mass is 655 g/mol. The molecule has 13 heteroatoms. The summed E-state index contributed by atoms with van der Waals surface area (Å²) in [5, 5.41) is 0. The minimum atomic E-state index is -1.67. The molecule has 0 spiro atoms. The fraction of sp³-hybridized carbons (Fsp3) is 0.242. The van der Waals surface area contributed by atoms with E-state index in [9.17, 15) is 27.2 Å². The second kappa shape index (κ2) is 13.2. The predicted molar refractivity (Wildman–Crippen MR) is 165 cm³/mol. The number of hydrogen-bond donors (Lipinski definition) is 0. The van der Waals surface area contributed by atoms with Crippen LogP contribution in [0.2, 0.25) is 0 Å². The maximum absolute atomic E-state index is 14.2. The molecule has 8 nitrogen and oxygen atoms in total. The molecule has 2 heterocycles. The number of carbonyl (C=O) groups is 1. The van der Waals surface area contributed by atoms with Gasteiger partial charge in [-0.1, -0.05) is 29.5 Å². The highest BCUT2D eigenvalue weighted by Crippen LogP contribution is 2.32. The number of carbonyl (C=O) groups excluding carboxylic acids is 1. The van der Waals surface area contributed by atoms with Crippen LogP contribution in [0.15, 0.2) is 69.6 Å². The summed E-state index contributed by atoms with van der Waals surface area (Å²) in [6.07, 6.45) is 1.59. The van der Waals surface area contributed by atoms with Gasteiger partial charge in [0.15, 0.2) is 22.2 Å².